The first kappa shape index (κ1) is 24.0. The van der Waals surface area contributed by atoms with E-state index in [1.807, 2.05) is 43.3 Å². The van der Waals surface area contributed by atoms with Gasteiger partial charge in [0, 0.05) is 11.7 Å². The Bertz CT molecular complexity index is 957. The van der Waals surface area contributed by atoms with E-state index in [2.05, 4.69) is 20.8 Å². The van der Waals surface area contributed by atoms with Gasteiger partial charge in [-0.25, -0.2) is 0 Å². The number of fused-ring (bicyclic) bond motifs is 1. The van der Waals surface area contributed by atoms with E-state index in [0.29, 0.717) is 23.0 Å². The summed E-state index contributed by atoms with van der Waals surface area (Å²) < 4.78 is 38.6. The summed E-state index contributed by atoms with van der Waals surface area (Å²) in [6, 6.07) is 11.5. The van der Waals surface area contributed by atoms with Gasteiger partial charge in [-0.1, -0.05) is 57.4 Å². The van der Waals surface area contributed by atoms with E-state index >= 15 is 0 Å². The van der Waals surface area contributed by atoms with Crippen molar-refractivity contribution in [1.82, 2.24) is 0 Å². The van der Waals surface area contributed by atoms with Gasteiger partial charge < -0.3 is 14.0 Å². The van der Waals surface area contributed by atoms with Gasteiger partial charge in [-0.3, -0.25) is 4.57 Å². The molecular formula is C25H34O4P2. The summed E-state index contributed by atoms with van der Waals surface area (Å²) in [7, 11) is -2.84. The molecule has 1 aliphatic heterocycles. The van der Waals surface area contributed by atoms with Gasteiger partial charge in [0.1, 0.15) is 11.5 Å². The number of unbranched alkanes of at least 4 members (excludes halogenated alkanes) is 3. The van der Waals surface area contributed by atoms with Gasteiger partial charge >= 0.3 is 0 Å². The maximum absolute atomic E-state index is 14.1. The van der Waals surface area contributed by atoms with Crippen LogP contribution in [0.5, 0.6) is 11.5 Å². The van der Waals surface area contributed by atoms with Crippen LogP contribution in [0.15, 0.2) is 36.4 Å². The second-order valence-electron chi connectivity index (χ2n) is 8.41. The van der Waals surface area contributed by atoms with Crippen LogP contribution in [0.4, 0.5) is 0 Å². The van der Waals surface area contributed by atoms with E-state index in [1.165, 1.54) is 12.8 Å². The number of hydrogen-bond acceptors (Lipinski definition) is 4. The molecule has 3 rings (SSSR count). The molecule has 1 heterocycles. The summed E-state index contributed by atoms with van der Waals surface area (Å²) in [6.45, 7) is 8.26. The molecule has 0 fully saturated rings. The van der Waals surface area contributed by atoms with Crippen molar-refractivity contribution in [3.63, 3.8) is 0 Å². The van der Waals surface area contributed by atoms with Gasteiger partial charge in [0.2, 0.25) is 0 Å². The molecule has 31 heavy (non-hydrogen) atoms. The average molecular weight is 460 g/mol. The smallest absolute Gasteiger partial charge is 0.196 e. The fourth-order valence-corrected chi connectivity index (χ4v) is 7.88. The van der Waals surface area contributed by atoms with Gasteiger partial charge in [-0.15, -0.1) is 0 Å². The first-order chi connectivity index (χ1) is 15.0. The van der Waals surface area contributed by atoms with Crippen molar-refractivity contribution in [2.75, 3.05) is 6.16 Å². The predicted molar refractivity (Wildman–Crippen MR) is 130 cm³/mol. The number of hydrogen-bond donors (Lipinski definition) is 0. The van der Waals surface area contributed by atoms with Crippen molar-refractivity contribution in [3.8, 4) is 22.6 Å². The minimum absolute atomic E-state index is 0.0443. The molecule has 2 aromatic carbocycles. The maximum atomic E-state index is 14.1. The summed E-state index contributed by atoms with van der Waals surface area (Å²) in [5, 5.41) is 1.41. The second kappa shape index (κ2) is 10.8. The Labute approximate surface area is 188 Å². The number of benzene rings is 2. The quantitative estimate of drug-likeness (QED) is 0.264. The Morgan fingerprint density at radius 3 is 2.48 bits per heavy atom. The lowest BCUT2D eigenvalue weighted by Gasteiger charge is -2.20. The number of ether oxygens (including phenoxy) is 2. The molecule has 6 heteroatoms. The normalized spacial score (nSPS) is 21.0. The van der Waals surface area contributed by atoms with Crippen molar-refractivity contribution < 1.29 is 18.6 Å². The third kappa shape index (κ3) is 5.07. The Hall–Kier alpha value is -1.63. The molecule has 0 saturated carbocycles. The highest BCUT2D eigenvalue weighted by Crippen LogP contribution is 2.59. The minimum atomic E-state index is -2.73. The lowest BCUT2D eigenvalue weighted by atomic mass is 10.0. The monoisotopic (exact) mass is 460 g/mol. The van der Waals surface area contributed by atoms with Crippen LogP contribution in [0.1, 0.15) is 66.2 Å². The topological polar surface area (TPSA) is 52.6 Å². The van der Waals surface area contributed by atoms with Crippen molar-refractivity contribution in [2.24, 2.45) is 0 Å². The van der Waals surface area contributed by atoms with Crippen LogP contribution >= 0.6 is 15.6 Å². The zero-order valence-electron chi connectivity index (χ0n) is 19.1. The van der Waals surface area contributed by atoms with Gasteiger partial charge in [0.05, 0.1) is 16.7 Å². The highest BCUT2D eigenvalue weighted by molar-refractivity contribution is 7.73. The van der Waals surface area contributed by atoms with E-state index < -0.39 is 7.14 Å². The Morgan fingerprint density at radius 1 is 1.06 bits per heavy atom. The molecule has 0 aliphatic carbocycles. The van der Waals surface area contributed by atoms with E-state index in [1.54, 1.807) is 0 Å². The first-order valence-corrected chi connectivity index (χ1v) is 14.3. The van der Waals surface area contributed by atoms with E-state index in [0.717, 1.165) is 42.1 Å². The number of rotatable bonds is 11. The molecule has 2 aromatic rings. The fraction of sp³-hybridized carbons (Fsp3) is 0.520. The van der Waals surface area contributed by atoms with Crippen molar-refractivity contribution in [1.29, 1.82) is 0 Å². The molecule has 0 saturated heterocycles. The van der Waals surface area contributed by atoms with E-state index in [-0.39, 0.29) is 20.4 Å². The second-order valence-corrected chi connectivity index (χ2v) is 12.3. The summed E-state index contributed by atoms with van der Waals surface area (Å²) in [5.74, 6) is 0.991. The van der Waals surface area contributed by atoms with Gasteiger partial charge in [0.15, 0.2) is 21.4 Å². The Balaban J connectivity index is 2.03. The third-order valence-corrected chi connectivity index (χ3v) is 10.2. The maximum Gasteiger partial charge on any atom is 0.196 e. The summed E-state index contributed by atoms with van der Waals surface area (Å²) in [4.78, 5) is 0. The molecule has 0 aromatic heterocycles. The highest BCUT2D eigenvalue weighted by atomic mass is 31.2. The highest BCUT2D eigenvalue weighted by Gasteiger charge is 2.43. The average Bonchev–Trinajstić information content (AvgIpc) is 3.02. The van der Waals surface area contributed by atoms with Crippen LogP contribution < -0.4 is 20.1 Å². The van der Waals surface area contributed by atoms with Gasteiger partial charge in [0.25, 0.3) is 0 Å². The molecule has 1 unspecified atom stereocenters. The molecule has 168 valence electrons. The Morgan fingerprint density at radius 2 is 1.77 bits per heavy atom. The van der Waals surface area contributed by atoms with Crippen molar-refractivity contribution in [2.45, 2.75) is 78.2 Å². The molecule has 3 atom stereocenters. The molecule has 0 radical (unpaired) electrons. The van der Waals surface area contributed by atoms with Crippen LogP contribution in [0, 0.1) is 0 Å². The van der Waals surface area contributed by atoms with Crippen LogP contribution in [0.2, 0.25) is 0 Å². The first-order valence-electron chi connectivity index (χ1n) is 11.5. The van der Waals surface area contributed by atoms with Crippen molar-refractivity contribution >= 4 is 26.2 Å². The van der Waals surface area contributed by atoms with Crippen molar-refractivity contribution in [3.05, 3.63) is 36.4 Å². The SMILES string of the molecule is CCCCC[C@@H](C)Oc1cccc(-c2cccc3c2P(=O)(CCCC)[C@@H](C)O3)c1P=O. The van der Waals surface area contributed by atoms with E-state index in [4.69, 9.17) is 9.47 Å². The summed E-state index contributed by atoms with van der Waals surface area (Å²) in [6.07, 6.45) is 6.98. The molecule has 0 bridgehead atoms. The van der Waals surface area contributed by atoms with Gasteiger partial charge in [-0.2, -0.15) is 0 Å². The minimum Gasteiger partial charge on any atom is -0.490 e. The molecule has 1 aliphatic rings. The third-order valence-electron chi connectivity index (χ3n) is 6.03. The predicted octanol–water partition coefficient (Wildman–Crippen LogP) is 7.15. The lowest BCUT2D eigenvalue weighted by Crippen LogP contribution is -2.18. The van der Waals surface area contributed by atoms with E-state index in [9.17, 15) is 9.13 Å². The standard InChI is InChI=1S/C25H34O4P2/c1-5-7-9-12-18(3)28-22-15-10-13-20(24(22)30-26)21-14-11-16-23-25(21)31(27,17-8-6-2)19(4)29-23/h10-11,13-16,18-19H,5-9,12,17H2,1-4H3/t18-,19+,31?/m1/s1. The molecule has 0 N–H and O–H groups in total. The van der Waals surface area contributed by atoms with Crippen LogP contribution in [0.25, 0.3) is 11.1 Å². The fourth-order valence-electron chi connectivity index (χ4n) is 4.25. The largest absolute Gasteiger partial charge is 0.490 e. The van der Waals surface area contributed by atoms with Crippen LogP contribution in [-0.4, -0.2) is 18.1 Å². The lowest BCUT2D eigenvalue weighted by molar-refractivity contribution is 0.208. The van der Waals surface area contributed by atoms with Crippen LogP contribution in [-0.2, 0) is 9.13 Å². The summed E-state index contributed by atoms with van der Waals surface area (Å²) >= 11 is 0. The van der Waals surface area contributed by atoms with Gasteiger partial charge in [-0.05, 0) is 50.8 Å². The summed E-state index contributed by atoms with van der Waals surface area (Å²) in [5.41, 5.74) is 1.66. The molecular weight excluding hydrogens is 426 g/mol. The zero-order valence-corrected chi connectivity index (χ0v) is 20.9. The molecule has 0 amide bonds. The molecule has 0 spiro atoms. The molecule has 4 nitrogen and oxygen atoms in total. The Kier molecular flexibility index (Phi) is 8.36. The van der Waals surface area contributed by atoms with Crippen LogP contribution in [0.3, 0.4) is 0 Å². The zero-order chi connectivity index (χ0) is 22.4.